The lowest BCUT2D eigenvalue weighted by atomic mass is 10.1. The van der Waals surface area contributed by atoms with Crippen LogP contribution in [0.2, 0.25) is 0 Å². The molecule has 1 amide bonds. The lowest BCUT2D eigenvalue weighted by molar-refractivity contribution is -0.125. The molecule has 2 aliphatic rings. The number of carbonyl (C=O) groups excluding carboxylic acids is 1. The van der Waals surface area contributed by atoms with E-state index in [0.717, 1.165) is 32.5 Å². The molecule has 2 atom stereocenters. The molecular weight excluding hydrogens is 178 g/mol. The normalized spacial score (nSPS) is 33.5. The van der Waals surface area contributed by atoms with E-state index in [1.54, 1.807) is 7.05 Å². The zero-order chi connectivity index (χ0) is 9.97. The van der Waals surface area contributed by atoms with Crippen LogP contribution in [0.3, 0.4) is 0 Å². The summed E-state index contributed by atoms with van der Waals surface area (Å²) in [5.41, 5.74) is 0. The SMILES string of the molecule is CNC(=O)C1CCCN1C1CCNC1. The molecular formula is C10H19N3O. The largest absolute Gasteiger partial charge is 0.358 e. The monoisotopic (exact) mass is 197 g/mol. The van der Waals surface area contributed by atoms with Gasteiger partial charge in [-0.2, -0.15) is 0 Å². The highest BCUT2D eigenvalue weighted by Gasteiger charge is 2.35. The first-order valence-electron chi connectivity index (χ1n) is 5.51. The van der Waals surface area contributed by atoms with E-state index in [9.17, 15) is 4.79 Å². The van der Waals surface area contributed by atoms with Crippen LogP contribution in [0.4, 0.5) is 0 Å². The standard InChI is InChI=1S/C10H19N3O/c1-11-10(14)9-3-2-6-13(9)8-4-5-12-7-8/h8-9,12H,2-7H2,1H3,(H,11,14). The second-order valence-electron chi connectivity index (χ2n) is 4.16. The second-order valence-corrected chi connectivity index (χ2v) is 4.16. The topological polar surface area (TPSA) is 44.4 Å². The summed E-state index contributed by atoms with van der Waals surface area (Å²) in [6.45, 7) is 3.24. The molecule has 0 radical (unpaired) electrons. The van der Waals surface area contributed by atoms with E-state index < -0.39 is 0 Å². The van der Waals surface area contributed by atoms with Crippen molar-refractivity contribution < 1.29 is 4.79 Å². The summed E-state index contributed by atoms with van der Waals surface area (Å²) in [4.78, 5) is 14.0. The van der Waals surface area contributed by atoms with Gasteiger partial charge >= 0.3 is 0 Å². The van der Waals surface area contributed by atoms with Gasteiger partial charge in [-0.1, -0.05) is 0 Å². The molecule has 2 aliphatic heterocycles. The summed E-state index contributed by atoms with van der Waals surface area (Å²) in [6, 6.07) is 0.713. The van der Waals surface area contributed by atoms with Crippen molar-refractivity contribution in [1.82, 2.24) is 15.5 Å². The van der Waals surface area contributed by atoms with Gasteiger partial charge in [-0.05, 0) is 32.4 Å². The Morgan fingerprint density at radius 2 is 2.36 bits per heavy atom. The van der Waals surface area contributed by atoms with Gasteiger partial charge in [-0.25, -0.2) is 0 Å². The predicted octanol–water partition coefficient (Wildman–Crippen LogP) is -0.441. The number of hydrogen-bond donors (Lipinski definition) is 2. The maximum Gasteiger partial charge on any atom is 0.237 e. The minimum absolute atomic E-state index is 0.130. The number of nitrogens with zero attached hydrogens (tertiary/aromatic N) is 1. The van der Waals surface area contributed by atoms with E-state index in [1.165, 1.54) is 6.42 Å². The second kappa shape index (κ2) is 4.28. The average molecular weight is 197 g/mol. The first-order valence-corrected chi connectivity index (χ1v) is 5.51. The van der Waals surface area contributed by atoms with E-state index in [-0.39, 0.29) is 11.9 Å². The first kappa shape index (κ1) is 9.93. The fraction of sp³-hybridized carbons (Fsp3) is 0.900. The van der Waals surface area contributed by atoms with E-state index in [2.05, 4.69) is 15.5 Å². The van der Waals surface area contributed by atoms with Crippen LogP contribution in [0.5, 0.6) is 0 Å². The lowest BCUT2D eigenvalue weighted by Gasteiger charge is -2.28. The Balaban J connectivity index is 1.98. The Hall–Kier alpha value is -0.610. The fourth-order valence-electron chi connectivity index (χ4n) is 2.60. The molecule has 2 rings (SSSR count). The van der Waals surface area contributed by atoms with Gasteiger partial charge in [0.15, 0.2) is 0 Å². The number of likely N-dealkylation sites (tertiary alicyclic amines) is 1. The summed E-state index contributed by atoms with van der Waals surface area (Å²) in [5.74, 6) is 0.189. The van der Waals surface area contributed by atoms with Crippen LogP contribution >= 0.6 is 0 Å². The first-order chi connectivity index (χ1) is 6.83. The van der Waals surface area contributed by atoms with Crippen LogP contribution < -0.4 is 10.6 Å². The molecule has 4 heteroatoms. The van der Waals surface area contributed by atoms with Crippen LogP contribution in [0.15, 0.2) is 0 Å². The Bertz CT molecular complexity index is 213. The number of rotatable bonds is 2. The number of hydrogen-bond acceptors (Lipinski definition) is 3. The third kappa shape index (κ3) is 1.77. The quantitative estimate of drug-likeness (QED) is 0.631. The zero-order valence-corrected chi connectivity index (χ0v) is 8.75. The molecule has 2 unspecified atom stereocenters. The van der Waals surface area contributed by atoms with Crippen molar-refractivity contribution in [2.45, 2.75) is 31.3 Å². The Morgan fingerprint density at radius 1 is 1.50 bits per heavy atom. The summed E-state index contributed by atoms with van der Waals surface area (Å²) < 4.78 is 0. The van der Waals surface area contributed by atoms with Crippen molar-refractivity contribution in [3.05, 3.63) is 0 Å². The molecule has 0 aromatic carbocycles. The van der Waals surface area contributed by atoms with Gasteiger partial charge < -0.3 is 10.6 Å². The van der Waals surface area contributed by atoms with Gasteiger partial charge in [0.05, 0.1) is 6.04 Å². The Labute approximate surface area is 85.0 Å². The van der Waals surface area contributed by atoms with Crippen molar-refractivity contribution in [2.24, 2.45) is 0 Å². The molecule has 2 fully saturated rings. The number of carbonyl (C=O) groups is 1. The highest BCUT2D eigenvalue weighted by Crippen LogP contribution is 2.22. The van der Waals surface area contributed by atoms with Gasteiger partial charge in [0.1, 0.15) is 0 Å². The van der Waals surface area contributed by atoms with Crippen molar-refractivity contribution in [3.8, 4) is 0 Å². The van der Waals surface area contributed by atoms with Crippen molar-refractivity contribution in [2.75, 3.05) is 26.7 Å². The predicted molar refractivity (Wildman–Crippen MR) is 55.1 cm³/mol. The molecule has 2 N–H and O–H groups in total. The van der Waals surface area contributed by atoms with Gasteiger partial charge in [0, 0.05) is 19.6 Å². The van der Waals surface area contributed by atoms with Crippen LogP contribution in [-0.4, -0.2) is 49.6 Å². The van der Waals surface area contributed by atoms with Gasteiger partial charge in [-0.3, -0.25) is 9.69 Å². The average Bonchev–Trinajstić information content (AvgIpc) is 2.85. The molecule has 2 heterocycles. The van der Waals surface area contributed by atoms with Crippen LogP contribution in [-0.2, 0) is 4.79 Å². The molecule has 0 spiro atoms. The third-order valence-electron chi connectivity index (χ3n) is 3.35. The number of amides is 1. The molecule has 14 heavy (non-hydrogen) atoms. The summed E-state index contributed by atoms with van der Waals surface area (Å²) >= 11 is 0. The van der Waals surface area contributed by atoms with Crippen LogP contribution in [0, 0.1) is 0 Å². The van der Waals surface area contributed by atoms with Crippen molar-refractivity contribution >= 4 is 5.91 Å². The highest BCUT2D eigenvalue weighted by molar-refractivity contribution is 5.81. The number of nitrogens with one attached hydrogen (secondary N) is 2. The molecule has 2 saturated heterocycles. The van der Waals surface area contributed by atoms with Crippen molar-refractivity contribution in [1.29, 1.82) is 0 Å². The van der Waals surface area contributed by atoms with Gasteiger partial charge in [0.2, 0.25) is 5.91 Å². The summed E-state index contributed by atoms with van der Waals surface area (Å²) in [7, 11) is 1.73. The van der Waals surface area contributed by atoms with Gasteiger partial charge in [-0.15, -0.1) is 0 Å². The molecule has 0 aromatic heterocycles. The van der Waals surface area contributed by atoms with Crippen LogP contribution in [0.1, 0.15) is 19.3 Å². The molecule has 0 bridgehead atoms. The van der Waals surface area contributed by atoms with E-state index in [1.807, 2.05) is 0 Å². The minimum atomic E-state index is 0.130. The van der Waals surface area contributed by atoms with E-state index in [0.29, 0.717) is 6.04 Å². The van der Waals surface area contributed by atoms with Crippen LogP contribution in [0.25, 0.3) is 0 Å². The smallest absolute Gasteiger partial charge is 0.237 e. The van der Waals surface area contributed by atoms with Crippen molar-refractivity contribution in [3.63, 3.8) is 0 Å². The Morgan fingerprint density at radius 3 is 3.00 bits per heavy atom. The Kier molecular flexibility index (Phi) is 3.03. The maximum atomic E-state index is 11.6. The lowest BCUT2D eigenvalue weighted by Crippen LogP contribution is -2.47. The minimum Gasteiger partial charge on any atom is -0.358 e. The fourth-order valence-corrected chi connectivity index (χ4v) is 2.60. The zero-order valence-electron chi connectivity index (χ0n) is 8.75. The highest BCUT2D eigenvalue weighted by atomic mass is 16.2. The van der Waals surface area contributed by atoms with E-state index >= 15 is 0 Å². The van der Waals surface area contributed by atoms with Gasteiger partial charge in [0.25, 0.3) is 0 Å². The summed E-state index contributed by atoms with van der Waals surface area (Å²) in [6.07, 6.45) is 3.37. The maximum absolute atomic E-state index is 11.6. The molecule has 0 aliphatic carbocycles. The molecule has 4 nitrogen and oxygen atoms in total. The molecule has 80 valence electrons. The molecule has 0 aromatic rings. The number of likely N-dealkylation sites (N-methyl/N-ethyl adjacent to an activating group) is 1. The third-order valence-corrected chi connectivity index (χ3v) is 3.35. The van der Waals surface area contributed by atoms with E-state index in [4.69, 9.17) is 0 Å². The molecule has 0 saturated carbocycles. The summed E-state index contributed by atoms with van der Waals surface area (Å²) in [5, 5.41) is 6.11.